The number of hydrogen-bond donors (Lipinski definition) is 3. The molecule has 1 aliphatic rings. The monoisotopic (exact) mass is 358 g/mol. The fourth-order valence-corrected chi connectivity index (χ4v) is 2.97. The van der Waals surface area contributed by atoms with Crippen LogP contribution in [0.4, 0.5) is 13.2 Å². The predicted octanol–water partition coefficient (Wildman–Crippen LogP) is 1.56. The maximum Gasteiger partial charge on any atom is 0.401 e. The summed E-state index contributed by atoms with van der Waals surface area (Å²) in [4.78, 5) is 5.52. The van der Waals surface area contributed by atoms with Crippen LogP contribution in [0, 0.1) is 0 Å². The molecule has 25 heavy (non-hydrogen) atoms. The standard InChI is InChI=1S/C17H25F3N4O/c1-21-16(22-9-14(11-25)13-5-3-2-4-6-13)23-15-7-8-24(10-15)12-17(18,19)20/h2-6,14-15,25H,7-12H2,1H3,(H2,21,22,23). The number of likely N-dealkylation sites (tertiary alicyclic amines) is 1. The Balaban J connectivity index is 1.81. The maximum atomic E-state index is 12.5. The van der Waals surface area contributed by atoms with Gasteiger partial charge in [0.15, 0.2) is 5.96 Å². The molecule has 5 nitrogen and oxygen atoms in total. The van der Waals surface area contributed by atoms with E-state index in [1.54, 1.807) is 7.05 Å². The molecule has 2 rings (SSSR count). The Morgan fingerprint density at radius 3 is 2.68 bits per heavy atom. The van der Waals surface area contributed by atoms with Gasteiger partial charge in [-0.15, -0.1) is 0 Å². The van der Waals surface area contributed by atoms with E-state index in [9.17, 15) is 18.3 Å². The first-order valence-electron chi connectivity index (χ1n) is 8.33. The number of aliphatic imine (C=N–C) groups is 1. The van der Waals surface area contributed by atoms with E-state index in [0.717, 1.165) is 5.56 Å². The highest BCUT2D eigenvalue weighted by molar-refractivity contribution is 5.80. The molecule has 3 N–H and O–H groups in total. The number of nitrogens with one attached hydrogen (secondary N) is 2. The van der Waals surface area contributed by atoms with Crippen LogP contribution in [-0.4, -0.2) is 68.0 Å². The summed E-state index contributed by atoms with van der Waals surface area (Å²) in [6, 6.07) is 9.57. The molecule has 1 aromatic rings. The van der Waals surface area contributed by atoms with Crippen molar-refractivity contribution >= 4 is 5.96 Å². The molecule has 140 valence electrons. The second-order valence-electron chi connectivity index (χ2n) is 6.22. The van der Waals surface area contributed by atoms with Crippen LogP contribution < -0.4 is 10.6 Å². The summed E-state index contributed by atoms with van der Waals surface area (Å²) in [5.41, 5.74) is 1.02. The third kappa shape index (κ3) is 6.55. The molecule has 1 fully saturated rings. The number of aliphatic hydroxyl groups excluding tert-OH is 1. The molecule has 1 aliphatic heterocycles. The minimum Gasteiger partial charge on any atom is -0.396 e. The van der Waals surface area contributed by atoms with Crippen molar-refractivity contribution in [3.05, 3.63) is 35.9 Å². The van der Waals surface area contributed by atoms with Crippen LogP contribution in [0.2, 0.25) is 0 Å². The molecule has 0 bridgehead atoms. The highest BCUT2D eigenvalue weighted by Crippen LogP contribution is 2.20. The average Bonchev–Trinajstić information content (AvgIpc) is 3.00. The molecule has 1 aromatic carbocycles. The van der Waals surface area contributed by atoms with Gasteiger partial charge >= 0.3 is 6.18 Å². The number of alkyl halides is 3. The summed E-state index contributed by atoms with van der Waals surface area (Å²) in [6.07, 6.45) is -3.53. The van der Waals surface area contributed by atoms with Crippen LogP contribution >= 0.6 is 0 Å². The smallest absolute Gasteiger partial charge is 0.396 e. The van der Waals surface area contributed by atoms with Crippen LogP contribution in [0.5, 0.6) is 0 Å². The van der Waals surface area contributed by atoms with Crippen LogP contribution in [0.25, 0.3) is 0 Å². The molecule has 0 saturated carbocycles. The van der Waals surface area contributed by atoms with Crippen molar-refractivity contribution in [3.63, 3.8) is 0 Å². The lowest BCUT2D eigenvalue weighted by Gasteiger charge is -2.21. The molecule has 2 atom stereocenters. The van der Waals surface area contributed by atoms with Gasteiger partial charge in [0.05, 0.1) is 13.2 Å². The Labute approximate surface area is 145 Å². The minimum atomic E-state index is -4.17. The Morgan fingerprint density at radius 1 is 1.36 bits per heavy atom. The number of aliphatic hydroxyl groups is 1. The highest BCUT2D eigenvalue weighted by Gasteiger charge is 2.34. The second-order valence-corrected chi connectivity index (χ2v) is 6.22. The molecule has 0 radical (unpaired) electrons. The third-order valence-corrected chi connectivity index (χ3v) is 4.25. The third-order valence-electron chi connectivity index (χ3n) is 4.25. The minimum absolute atomic E-state index is 0.00318. The van der Waals surface area contributed by atoms with Gasteiger partial charge in [0, 0.05) is 38.6 Å². The molecule has 0 amide bonds. The molecule has 1 saturated heterocycles. The fraction of sp³-hybridized carbons (Fsp3) is 0.588. The van der Waals surface area contributed by atoms with Crippen molar-refractivity contribution in [2.24, 2.45) is 4.99 Å². The lowest BCUT2D eigenvalue weighted by Crippen LogP contribution is -2.46. The first kappa shape index (κ1) is 19.5. The molecule has 0 aromatic heterocycles. The van der Waals surface area contributed by atoms with Gasteiger partial charge in [0.25, 0.3) is 0 Å². The average molecular weight is 358 g/mol. The normalized spacial score (nSPS) is 20.5. The zero-order valence-electron chi connectivity index (χ0n) is 14.3. The molecule has 0 spiro atoms. The van der Waals surface area contributed by atoms with Crippen molar-refractivity contribution < 1.29 is 18.3 Å². The zero-order chi connectivity index (χ0) is 18.3. The zero-order valence-corrected chi connectivity index (χ0v) is 14.3. The number of guanidine groups is 1. The molecular formula is C17H25F3N4O. The SMILES string of the molecule is CN=C(NCC(CO)c1ccccc1)NC1CCN(CC(F)(F)F)C1. The van der Waals surface area contributed by atoms with Crippen molar-refractivity contribution in [1.29, 1.82) is 0 Å². The van der Waals surface area contributed by atoms with E-state index < -0.39 is 12.7 Å². The summed E-state index contributed by atoms with van der Waals surface area (Å²) in [7, 11) is 1.62. The quantitative estimate of drug-likeness (QED) is 0.534. The molecule has 0 aliphatic carbocycles. The Morgan fingerprint density at radius 2 is 2.08 bits per heavy atom. The number of hydrogen-bond acceptors (Lipinski definition) is 3. The van der Waals surface area contributed by atoms with Gasteiger partial charge < -0.3 is 15.7 Å². The van der Waals surface area contributed by atoms with E-state index in [0.29, 0.717) is 32.0 Å². The van der Waals surface area contributed by atoms with Gasteiger partial charge in [-0.25, -0.2) is 0 Å². The first-order valence-corrected chi connectivity index (χ1v) is 8.33. The van der Waals surface area contributed by atoms with Gasteiger partial charge in [-0.3, -0.25) is 9.89 Å². The number of nitrogens with zero attached hydrogens (tertiary/aromatic N) is 2. The summed E-state index contributed by atoms with van der Waals surface area (Å²) < 4.78 is 37.4. The lowest BCUT2D eigenvalue weighted by atomic mass is 10.0. The van der Waals surface area contributed by atoms with Gasteiger partial charge in [-0.1, -0.05) is 30.3 Å². The summed E-state index contributed by atoms with van der Waals surface area (Å²) >= 11 is 0. The largest absolute Gasteiger partial charge is 0.401 e. The molecule has 1 heterocycles. The maximum absolute atomic E-state index is 12.5. The lowest BCUT2D eigenvalue weighted by molar-refractivity contribution is -0.143. The molecular weight excluding hydrogens is 333 g/mol. The van der Waals surface area contributed by atoms with Gasteiger partial charge in [-0.05, 0) is 12.0 Å². The van der Waals surface area contributed by atoms with E-state index in [2.05, 4.69) is 15.6 Å². The van der Waals surface area contributed by atoms with E-state index in [4.69, 9.17) is 0 Å². The van der Waals surface area contributed by atoms with E-state index in [1.807, 2.05) is 30.3 Å². The van der Waals surface area contributed by atoms with E-state index in [-0.39, 0.29) is 18.6 Å². The van der Waals surface area contributed by atoms with Crippen LogP contribution in [0.15, 0.2) is 35.3 Å². The van der Waals surface area contributed by atoms with Crippen molar-refractivity contribution in [2.45, 2.75) is 24.6 Å². The Kier molecular flexibility index (Phi) is 7.07. The Hall–Kier alpha value is -1.80. The second kappa shape index (κ2) is 9.05. The summed E-state index contributed by atoms with van der Waals surface area (Å²) in [6.45, 7) is 0.355. The number of benzene rings is 1. The van der Waals surface area contributed by atoms with Gasteiger partial charge in [0.2, 0.25) is 0 Å². The number of halogens is 3. The first-order chi connectivity index (χ1) is 11.9. The van der Waals surface area contributed by atoms with E-state index in [1.165, 1.54) is 4.90 Å². The fourth-order valence-electron chi connectivity index (χ4n) is 2.97. The topological polar surface area (TPSA) is 59.9 Å². The van der Waals surface area contributed by atoms with Crippen molar-refractivity contribution in [1.82, 2.24) is 15.5 Å². The van der Waals surface area contributed by atoms with Crippen LogP contribution in [-0.2, 0) is 0 Å². The predicted molar refractivity (Wildman–Crippen MR) is 91.7 cm³/mol. The van der Waals surface area contributed by atoms with E-state index >= 15 is 0 Å². The molecule has 2 unspecified atom stereocenters. The molecule has 8 heteroatoms. The Bertz CT molecular complexity index is 551. The van der Waals surface area contributed by atoms with Gasteiger partial charge in [0.1, 0.15) is 0 Å². The number of rotatable bonds is 6. The highest BCUT2D eigenvalue weighted by atomic mass is 19.4. The van der Waals surface area contributed by atoms with Gasteiger partial charge in [-0.2, -0.15) is 13.2 Å². The van der Waals surface area contributed by atoms with Crippen molar-refractivity contribution in [2.75, 3.05) is 39.8 Å². The van der Waals surface area contributed by atoms with Crippen molar-refractivity contribution in [3.8, 4) is 0 Å². The summed E-state index contributed by atoms with van der Waals surface area (Å²) in [5, 5.41) is 15.9. The summed E-state index contributed by atoms with van der Waals surface area (Å²) in [5.74, 6) is 0.457. The van der Waals surface area contributed by atoms with Crippen LogP contribution in [0.1, 0.15) is 17.9 Å². The van der Waals surface area contributed by atoms with Crippen LogP contribution in [0.3, 0.4) is 0 Å².